The second kappa shape index (κ2) is 20.8. The molecule has 12 nitrogen and oxygen atoms in total. The summed E-state index contributed by atoms with van der Waals surface area (Å²) < 4.78 is 20.4. The monoisotopic (exact) mass is 679 g/mol. The molecule has 0 aliphatic heterocycles. The summed E-state index contributed by atoms with van der Waals surface area (Å²) in [6, 6.07) is 17.5. The summed E-state index contributed by atoms with van der Waals surface area (Å²) in [6.45, 7) is 8.08. The zero-order chi connectivity index (χ0) is 36.3. The molecule has 0 heterocycles. The number of hydrogen-bond donors (Lipinski definition) is 3. The molecule has 0 aliphatic rings. The Kier molecular flexibility index (Phi) is 16.9. The van der Waals surface area contributed by atoms with Gasteiger partial charge in [-0.05, 0) is 62.7 Å². The molecule has 4 N–H and O–H groups in total. The van der Waals surface area contributed by atoms with Crippen molar-refractivity contribution in [1.29, 1.82) is 0 Å². The van der Waals surface area contributed by atoms with Gasteiger partial charge in [-0.2, -0.15) is 0 Å². The molecule has 0 saturated heterocycles. The molecule has 3 rings (SSSR count). The second-order valence-electron chi connectivity index (χ2n) is 11.3. The van der Waals surface area contributed by atoms with Crippen molar-refractivity contribution < 1.29 is 53.1 Å². The van der Waals surface area contributed by atoms with E-state index in [2.05, 4.69) is 6.92 Å². The Morgan fingerprint density at radius 1 is 0.694 bits per heavy atom. The Morgan fingerprint density at radius 2 is 1.16 bits per heavy atom. The molecule has 49 heavy (non-hydrogen) atoms. The number of ether oxygens (including phenoxy) is 4. The molecule has 264 valence electrons. The number of rotatable bonds is 17. The maximum atomic E-state index is 12.2. The van der Waals surface area contributed by atoms with Crippen LogP contribution in [0.5, 0.6) is 5.75 Å². The number of esters is 3. The Balaban J connectivity index is 0.000000355. The number of nitrogens with two attached hydrogens (primary N) is 1. The van der Waals surface area contributed by atoms with Crippen LogP contribution in [0.3, 0.4) is 0 Å². The van der Waals surface area contributed by atoms with Crippen molar-refractivity contribution in [2.75, 3.05) is 12.3 Å². The molecule has 3 aromatic carbocycles. The van der Waals surface area contributed by atoms with Gasteiger partial charge in [0.2, 0.25) is 12.2 Å². The lowest BCUT2D eigenvalue weighted by Crippen LogP contribution is -2.45. The first kappa shape index (κ1) is 39.8. The van der Waals surface area contributed by atoms with Gasteiger partial charge in [-0.15, -0.1) is 0 Å². The van der Waals surface area contributed by atoms with Crippen molar-refractivity contribution in [2.45, 2.75) is 85.0 Å². The first-order chi connectivity index (χ1) is 23.3. The van der Waals surface area contributed by atoms with Crippen molar-refractivity contribution in [3.8, 4) is 5.75 Å². The van der Waals surface area contributed by atoms with E-state index in [4.69, 9.17) is 24.7 Å². The highest BCUT2D eigenvalue weighted by molar-refractivity contribution is 5.95. The predicted molar refractivity (Wildman–Crippen MR) is 181 cm³/mol. The summed E-state index contributed by atoms with van der Waals surface area (Å²) in [4.78, 5) is 58.2. The molecule has 0 radical (unpaired) electrons. The molecule has 0 spiro atoms. The summed E-state index contributed by atoms with van der Waals surface area (Å²) in [7, 11) is 0. The third-order valence-corrected chi connectivity index (χ3v) is 7.08. The van der Waals surface area contributed by atoms with Crippen molar-refractivity contribution in [2.24, 2.45) is 0 Å². The van der Waals surface area contributed by atoms with Crippen LogP contribution in [0.15, 0.2) is 66.7 Å². The molecule has 2 unspecified atom stereocenters. The maximum absolute atomic E-state index is 12.2. The van der Waals surface area contributed by atoms with Crippen molar-refractivity contribution >= 4 is 35.5 Å². The van der Waals surface area contributed by atoms with Crippen molar-refractivity contribution in [1.82, 2.24) is 0 Å². The molecular formula is C37H45NO11. The quantitative estimate of drug-likeness (QED) is 0.0626. The van der Waals surface area contributed by atoms with Gasteiger partial charge >= 0.3 is 29.8 Å². The highest BCUT2D eigenvalue weighted by Gasteiger charge is 2.41. The summed E-state index contributed by atoms with van der Waals surface area (Å²) >= 11 is 0. The highest BCUT2D eigenvalue weighted by atomic mass is 16.6. The Hall–Kier alpha value is -5.39. The Morgan fingerprint density at radius 3 is 1.61 bits per heavy atom. The zero-order valence-electron chi connectivity index (χ0n) is 28.3. The minimum absolute atomic E-state index is 0.0332. The number of carbonyl (C=O) groups excluding carboxylic acids is 3. The van der Waals surface area contributed by atoms with E-state index < -0.39 is 36.1 Å². The predicted octanol–water partition coefficient (Wildman–Crippen LogP) is 6.29. The van der Waals surface area contributed by atoms with E-state index in [-0.39, 0.29) is 23.7 Å². The molecule has 0 aromatic heterocycles. The number of unbranched alkanes of at least 4 members (excludes halogenated alkanes) is 5. The van der Waals surface area contributed by atoms with Gasteiger partial charge in [-0.3, -0.25) is 4.79 Å². The summed E-state index contributed by atoms with van der Waals surface area (Å²) in [6.07, 6.45) is 2.93. The third-order valence-electron chi connectivity index (χ3n) is 7.08. The number of hydrogen-bond acceptors (Lipinski definition) is 10. The van der Waals surface area contributed by atoms with Crippen molar-refractivity contribution in [3.63, 3.8) is 0 Å². The van der Waals surface area contributed by atoms with Crippen LogP contribution in [0.2, 0.25) is 0 Å². The van der Waals surface area contributed by atoms with Crippen LogP contribution >= 0.6 is 0 Å². The minimum Gasteiger partial charge on any atom is -0.493 e. The summed E-state index contributed by atoms with van der Waals surface area (Å²) in [5.74, 6) is -5.18. The number of nitrogen functional groups attached to an aromatic ring is 1. The molecule has 0 aliphatic carbocycles. The lowest BCUT2D eigenvalue weighted by molar-refractivity contribution is -0.166. The molecule has 12 heteroatoms. The number of benzene rings is 3. The second-order valence-corrected chi connectivity index (χ2v) is 11.3. The standard InChI is InChI=1S/C20H18O8.C17H27NO3/c1-11-3-7-13(8-4-11)19(25)27-15(17(21)22)16(18(23)24)28-20(26)14-9-5-12(2)6-10-14;1-3-4-5-6-7-8-11-20-17-10-9-16(18)12-15(17)13-21-14(2)19/h3-10,15-16H,1-2H3,(H,21,22)(H,23,24);9-10,12H,3-8,11,13,18H2,1-2H3. The van der Waals surface area contributed by atoms with Crippen LogP contribution in [0.4, 0.5) is 5.69 Å². The smallest absolute Gasteiger partial charge is 0.349 e. The lowest BCUT2D eigenvalue weighted by Gasteiger charge is -2.21. The normalized spacial score (nSPS) is 11.6. The van der Waals surface area contributed by atoms with Crippen LogP contribution in [0.25, 0.3) is 0 Å². The molecular weight excluding hydrogens is 634 g/mol. The molecule has 3 aromatic rings. The topological polar surface area (TPSA) is 189 Å². The van der Waals surface area contributed by atoms with Gasteiger partial charge < -0.3 is 34.9 Å². The lowest BCUT2D eigenvalue weighted by atomic mass is 10.1. The number of anilines is 1. The van der Waals surface area contributed by atoms with E-state index in [1.807, 2.05) is 6.07 Å². The van der Waals surface area contributed by atoms with Crippen LogP contribution in [-0.2, 0) is 35.2 Å². The largest absolute Gasteiger partial charge is 0.493 e. The van der Waals surface area contributed by atoms with Gasteiger partial charge in [0.25, 0.3) is 0 Å². The summed E-state index contributed by atoms with van der Waals surface area (Å²) in [5, 5.41) is 18.6. The van der Waals surface area contributed by atoms with Crippen LogP contribution in [0, 0.1) is 13.8 Å². The maximum Gasteiger partial charge on any atom is 0.349 e. The van der Waals surface area contributed by atoms with Crippen LogP contribution in [0.1, 0.15) is 89.8 Å². The van der Waals surface area contributed by atoms with Gasteiger partial charge in [0.1, 0.15) is 12.4 Å². The minimum atomic E-state index is -2.22. The van der Waals surface area contributed by atoms with E-state index >= 15 is 0 Å². The van der Waals surface area contributed by atoms with E-state index in [1.165, 1.54) is 63.3 Å². The average molecular weight is 680 g/mol. The third kappa shape index (κ3) is 14.5. The molecule has 0 bridgehead atoms. The van der Waals surface area contributed by atoms with E-state index in [0.717, 1.165) is 28.9 Å². The fraction of sp³-hybridized carbons (Fsp3) is 0.378. The van der Waals surface area contributed by atoms with E-state index in [0.29, 0.717) is 12.3 Å². The Bertz CT molecular complexity index is 1460. The number of aliphatic carboxylic acids is 2. The summed E-state index contributed by atoms with van der Waals surface area (Å²) in [5.41, 5.74) is 9.01. The molecule has 0 saturated carbocycles. The number of aryl methyl sites for hydroxylation is 2. The number of carboxylic acid groups (broad SMARTS) is 2. The molecule has 2 atom stereocenters. The van der Waals surface area contributed by atoms with Gasteiger partial charge in [-0.1, -0.05) is 74.4 Å². The molecule has 0 amide bonds. The fourth-order valence-electron chi connectivity index (χ4n) is 4.33. The first-order valence-electron chi connectivity index (χ1n) is 16.0. The Labute approximate surface area is 286 Å². The highest BCUT2D eigenvalue weighted by Crippen LogP contribution is 2.23. The number of carbonyl (C=O) groups is 5. The van der Waals surface area contributed by atoms with Gasteiger partial charge in [0.15, 0.2) is 0 Å². The zero-order valence-corrected chi connectivity index (χ0v) is 28.3. The van der Waals surface area contributed by atoms with E-state index in [1.54, 1.807) is 50.2 Å². The number of carboxylic acids is 2. The molecule has 0 fully saturated rings. The van der Waals surface area contributed by atoms with Crippen molar-refractivity contribution in [3.05, 3.63) is 94.5 Å². The van der Waals surface area contributed by atoms with Gasteiger partial charge in [0.05, 0.1) is 17.7 Å². The average Bonchev–Trinajstić information content (AvgIpc) is 3.06. The fourth-order valence-corrected chi connectivity index (χ4v) is 4.33. The van der Waals surface area contributed by atoms with Crippen LogP contribution in [-0.4, -0.2) is 58.9 Å². The SMILES string of the molecule is CCCCCCCCOc1ccc(N)cc1COC(C)=O.Cc1ccc(C(=O)OC(C(=O)O)C(OC(=O)c2ccc(C)cc2)C(=O)O)cc1. The van der Waals surface area contributed by atoms with Gasteiger partial charge in [0, 0.05) is 18.2 Å². The first-order valence-corrected chi connectivity index (χ1v) is 16.0. The van der Waals surface area contributed by atoms with Gasteiger partial charge in [-0.25, -0.2) is 19.2 Å². The van der Waals surface area contributed by atoms with E-state index in [9.17, 15) is 34.2 Å². The van der Waals surface area contributed by atoms with Crippen LogP contribution < -0.4 is 10.5 Å².